The van der Waals surface area contributed by atoms with Crippen molar-refractivity contribution < 1.29 is 4.79 Å². The van der Waals surface area contributed by atoms with Crippen LogP contribution in [0.5, 0.6) is 0 Å². The molecular weight excluding hydrogens is 196 g/mol. The number of ketones is 1. The Balaban J connectivity index is 2.56. The molecule has 0 aromatic heterocycles. The molecule has 0 amide bonds. The summed E-state index contributed by atoms with van der Waals surface area (Å²) in [6, 6.07) is 0. The first-order valence-corrected chi connectivity index (χ1v) is 6.45. The Kier molecular flexibility index (Phi) is 2.38. The van der Waals surface area contributed by atoms with Crippen LogP contribution in [-0.2, 0) is 4.79 Å². The standard InChI is InChI=1S/C15H24O/c1-11-9-15(5)13(2,3)7-6-8-14(15,4)10-12(11)16/h9H,6-8,10H2,1-5H3/t14-,15-/m0/s1. The van der Waals surface area contributed by atoms with E-state index in [1.165, 1.54) is 19.3 Å². The molecule has 0 unspecified atom stereocenters. The van der Waals surface area contributed by atoms with Crippen molar-refractivity contribution in [3.63, 3.8) is 0 Å². The Hall–Kier alpha value is -0.590. The van der Waals surface area contributed by atoms with Crippen molar-refractivity contribution >= 4 is 5.78 Å². The minimum atomic E-state index is 0.172. The largest absolute Gasteiger partial charge is 0.295 e. The van der Waals surface area contributed by atoms with Gasteiger partial charge < -0.3 is 0 Å². The smallest absolute Gasteiger partial charge is 0.158 e. The minimum Gasteiger partial charge on any atom is -0.295 e. The number of allylic oxidation sites excluding steroid dienone is 2. The van der Waals surface area contributed by atoms with E-state index in [-0.39, 0.29) is 10.8 Å². The molecule has 2 rings (SSSR count). The number of fused-ring (bicyclic) bond motifs is 1. The van der Waals surface area contributed by atoms with Crippen LogP contribution in [0.1, 0.15) is 60.3 Å². The van der Waals surface area contributed by atoms with Gasteiger partial charge in [0.25, 0.3) is 0 Å². The van der Waals surface area contributed by atoms with Crippen LogP contribution in [0.2, 0.25) is 0 Å². The number of carbonyl (C=O) groups excluding carboxylic acids is 1. The van der Waals surface area contributed by atoms with Gasteiger partial charge in [-0.1, -0.05) is 40.2 Å². The van der Waals surface area contributed by atoms with Crippen molar-refractivity contribution in [2.75, 3.05) is 0 Å². The van der Waals surface area contributed by atoms with E-state index in [4.69, 9.17) is 0 Å². The van der Waals surface area contributed by atoms with E-state index in [0.717, 1.165) is 12.0 Å². The zero-order chi connectivity index (χ0) is 12.2. The van der Waals surface area contributed by atoms with Gasteiger partial charge in [-0.2, -0.15) is 0 Å². The molecule has 1 saturated carbocycles. The molecule has 90 valence electrons. The van der Waals surface area contributed by atoms with E-state index in [9.17, 15) is 4.79 Å². The molecule has 0 bridgehead atoms. The summed E-state index contributed by atoms with van der Waals surface area (Å²) >= 11 is 0. The Morgan fingerprint density at radius 2 is 1.75 bits per heavy atom. The Bertz CT molecular complexity index is 364. The van der Waals surface area contributed by atoms with Gasteiger partial charge in [0.2, 0.25) is 0 Å². The maximum atomic E-state index is 11.9. The number of Topliss-reactive ketones (excluding diaryl/α,β-unsaturated/α-hetero) is 1. The summed E-state index contributed by atoms with van der Waals surface area (Å²) in [7, 11) is 0. The lowest BCUT2D eigenvalue weighted by Crippen LogP contribution is -2.53. The van der Waals surface area contributed by atoms with Crippen LogP contribution in [0.15, 0.2) is 11.6 Å². The molecule has 1 heteroatoms. The zero-order valence-electron chi connectivity index (χ0n) is 11.3. The first-order valence-electron chi connectivity index (χ1n) is 6.45. The van der Waals surface area contributed by atoms with Crippen LogP contribution in [0, 0.1) is 16.2 Å². The van der Waals surface area contributed by atoms with Gasteiger partial charge in [-0.25, -0.2) is 0 Å². The molecule has 0 spiro atoms. The van der Waals surface area contributed by atoms with E-state index >= 15 is 0 Å². The molecule has 0 radical (unpaired) electrons. The van der Waals surface area contributed by atoms with Crippen molar-refractivity contribution in [1.29, 1.82) is 0 Å². The van der Waals surface area contributed by atoms with Crippen molar-refractivity contribution in [3.05, 3.63) is 11.6 Å². The lowest BCUT2D eigenvalue weighted by atomic mass is 9.44. The van der Waals surface area contributed by atoms with Gasteiger partial charge in [-0.15, -0.1) is 0 Å². The van der Waals surface area contributed by atoms with Crippen LogP contribution in [0.3, 0.4) is 0 Å². The fourth-order valence-electron chi connectivity index (χ4n) is 3.91. The second-order valence-corrected chi connectivity index (χ2v) is 6.93. The van der Waals surface area contributed by atoms with E-state index in [0.29, 0.717) is 11.2 Å². The summed E-state index contributed by atoms with van der Waals surface area (Å²) in [5, 5.41) is 0. The molecule has 2 aliphatic carbocycles. The summed E-state index contributed by atoms with van der Waals surface area (Å²) in [4.78, 5) is 11.9. The van der Waals surface area contributed by atoms with Crippen LogP contribution in [-0.4, -0.2) is 5.78 Å². The maximum Gasteiger partial charge on any atom is 0.158 e. The third-order valence-corrected chi connectivity index (χ3v) is 5.69. The first-order chi connectivity index (χ1) is 7.22. The zero-order valence-corrected chi connectivity index (χ0v) is 11.3. The number of rotatable bonds is 0. The fourth-order valence-corrected chi connectivity index (χ4v) is 3.91. The van der Waals surface area contributed by atoms with E-state index in [1.54, 1.807) is 0 Å². The second kappa shape index (κ2) is 3.21. The average Bonchev–Trinajstić information content (AvgIpc) is 2.12. The lowest BCUT2D eigenvalue weighted by molar-refractivity contribution is -0.127. The molecule has 16 heavy (non-hydrogen) atoms. The quantitative estimate of drug-likeness (QED) is 0.600. The van der Waals surface area contributed by atoms with Crippen LogP contribution in [0.4, 0.5) is 0 Å². The third kappa shape index (κ3) is 1.33. The molecule has 0 saturated heterocycles. The molecule has 1 nitrogen and oxygen atoms in total. The summed E-state index contributed by atoms with van der Waals surface area (Å²) in [6.07, 6.45) is 6.76. The Morgan fingerprint density at radius 3 is 2.38 bits per heavy atom. The average molecular weight is 220 g/mol. The predicted molar refractivity (Wildman–Crippen MR) is 67.2 cm³/mol. The molecule has 1 fully saturated rings. The summed E-state index contributed by atoms with van der Waals surface area (Å²) in [6.45, 7) is 11.4. The normalized spacial score (nSPS) is 42.6. The molecule has 0 aromatic carbocycles. The van der Waals surface area contributed by atoms with Gasteiger partial charge in [0, 0.05) is 6.42 Å². The predicted octanol–water partition coefficient (Wildman–Crippen LogP) is 4.13. The summed E-state index contributed by atoms with van der Waals surface area (Å²) < 4.78 is 0. The van der Waals surface area contributed by atoms with Crippen molar-refractivity contribution in [3.8, 4) is 0 Å². The molecule has 0 N–H and O–H groups in total. The SMILES string of the molecule is CC1=C[C@@]2(C)C(C)(C)CCC[C@@]2(C)CC1=O. The molecule has 2 aliphatic rings. The lowest BCUT2D eigenvalue weighted by Gasteiger charge is -2.59. The van der Waals surface area contributed by atoms with Crippen molar-refractivity contribution in [2.45, 2.75) is 60.3 Å². The summed E-state index contributed by atoms with van der Waals surface area (Å²) in [5.41, 5.74) is 1.64. The van der Waals surface area contributed by atoms with Crippen molar-refractivity contribution in [2.24, 2.45) is 16.2 Å². The number of carbonyl (C=O) groups is 1. The highest BCUT2D eigenvalue weighted by atomic mass is 16.1. The maximum absolute atomic E-state index is 11.9. The second-order valence-electron chi connectivity index (χ2n) is 6.93. The van der Waals surface area contributed by atoms with Gasteiger partial charge in [0.15, 0.2) is 5.78 Å². The number of hydrogen-bond donors (Lipinski definition) is 0. The van der Waals surface area contributed by atoms with Crippen molar-refractivity contribution in [1.82, 2.24) is 0 Å². The van der Waals surface area contributed by atoms with Crippen LogP contribution < -0.4 is 0 Å². The number of hydrogen-bond acceptors (Lipinski definition) is 1. The Morgan fingerprint density at radius 1 is 1.12 bits per heavy atom. The van der Waals surface area contributed by atoms with E-state index < -0.39 is 0 Å². The van der Waals surface area contributed by atoms with Gasteiger partial charge in [0.05, 0.1) is 0 Å². The minimum absolute atomic E-state index is 0.172. The van der Waals surface area contributed by atoms with Gasteiger partial charge in [0.1, 0.15) is 0 Å². The molecule has 0 aliphatic heterocycles. The molecular formula is C15H24O. The van der Waals surface area contributed by atoms with Crippen LogP contribution >= 0.6 is 0 Å². The molecule has 0 heterocycles. The van der Waals surface area contributed by atoms with E-state index in [1.807, 2.05) is 6.92 Å². The van der Waals surface area contributed by atoms with Gasteiger partial charge >= 0.3 is 0 Å². The highest BCUT2D eigenvalue weighted by Gasteiger charge is 2.56. The third-order valence-electron chi connectivity index (χ3n) is 5.69. The van der Waals surface area contributed by atoms with E-state index in [2.05, 4.69) is 33.8 Å². The van der Waals surface area contributed by atoms with Gasteiger partial charge in [-0.05, 0) is 41.6 Å². The molecule has 2 atom stereocenters. The van der Waals surface area contributed by atoms with Crippen LogP contribution in [0.25, 0.3) is 0 Å². The van der Waals surface area contributed by atoms with Gasteiger partial charge in [-0.3, -0.25) is 4.79 Å². The highest BCUT2D eigenvalue weighted by molar-refractivity contribution is 5.96. The first kappa shape index (κ1) is 11.9. The fraction of sp³-hybridized carbons (Fsp3) is 0.800. The monoisotopic (exact) mass is 220 g/mol. The Labute approximate surface area is 99.3 Å². The highest BCUT2D eigenvalue weighted by Crippen LogP contribution is 2.63. The summed E-state index contributed by atoms with van der Waals surface area (Å²) in [5.74, 6) is 0.359. The topological polar surface area (TPSA) is 17.1 Å². The molecule has 0 aromatic rings.